The highest BCUT2D eigenvalue weighted by atomic mass is 32.1. The van der Waals surface area contributed by atoms with Crippen LogP contribution in [0.1, 0.15) is 25.3 Å². The molecule has 0 fully saturated rings. The maximum absolute atomic E-state index is 5.27. The van der Waals surface area contributed by atoms with E-state index in [2.05, 4.69) is 23.6 Å². The minimum absolute atomic E-state index is 0.688. The van der Waals surface area contributed by atoms with Gasteiger partial charge in [0.25, 0.3) is 0 Å². The van der Waals surface area contributed by atoms with Gasteiger partial charge in [-0.1, -0.05) is 31.5 Å². The number of unbranched alkanes of at least 4 members (excludes halogenated alkanes) is 1. The summed E-state index contributed by atoms with van der Waals surface area (Å²) >= 11 is 5.27. The topological polar surface area (TPSA) is 33.3 Å². The lowest BCUT2D eigenvalue weighted by atomic mass is 10.1. The first-order valence-corrected chi connectivity index (χ1v) is 6.80. The van der Waals surface area contributed by atoms with Gasteiger partial charge in [0, 0.05) is 19.3 Å². The van der Waals surface area contributed by atoms with E-state index in [1.165, 1.54) is 12.0 Å². The molecule has 18 heavy (non-hydrogen) atoms. The van der Waals surface area contributed by atoms with E-state index in [0.717, 1.165) is 25.1 Å². The van der Waals surface area contributed by atoms with Gasteiger partial charge in [-0.15, -0.1) is 0 Å². The van der Waals surface area contributed by atoms with Gasteiger partial charge in [0.2, 0.25) is 0 Å². The number of para-hydroxylation sites is 1. The number of methoxy groups -OCH3 is 1. The van der Waals surface area contributed by atoms with E-state index in [9.17, 15) is 0 Å². The van der Waals surface area contributed by atoms with Crippen LogP contribution in [0, 0.1) is 0 Å². The van der Waals surface area contributed by atoms with Crippen LogP contribution in [0.4, 0.5) is 5.69 Å². The zero-order chi connectivity index (χ0) is 13.2. The maximum Gasteiger partial charge on any atom is 0.170 e. The molecule has 1 rings (SSSR count). The van der Waals surface area contributed by atoms with Crippen LogP contribution in [0.3, 0.4) is 0 Å². The Kier molecular flexibility index (Phi) is 7.37. The van der Waals surface area contributed by atoms with Gasteiger partial charge < -0.3 is 15.4 Å². The highest BCUT2D eigenvalue weighted by Gasteiger charge is 2.03. The zero-order valence-corrected chi connectivity index (χ0v) is 12.0. The maximum atomic E-state index is 5.27. The Morgan fingerprint density at radius 3 is 2.83 bits per heavy atom. The highest BCUT2D eigenvalue weighted by molar-refractivity contribution is 7.80. The van der Waals surface area contributed by atoms with Crippen LogP contribution in [0.5, 0.6) is 0 Å². The molecular formula is C14H22N2OS. The molecule has 1 aromatic carbocycles. The molecule has 0 radical (unpaired) electrons. The number of benzene rings is 1. The molecule has 0 unspecified atom stereocenters. The van der Waals surface area contributed by atoms with Crippen molar-refractivity contribution in [3.63, 3.8) is 0 Å². The zero-order valence-electron chi connectivity index (χ0n) is 11.2. The van der Waals surface area contributed by atoms with E-state index in [-0.39, 0.29) is 0 Å². The third kappa shape index (κ3) is 5.47. The van der Waals surface area contributed by atoms with Gasteiger partial charge in [-0.3, -0.25) is 0 Å². The minimum Gasteiger partial charge on any atom is -0.384 e. The van der Waals surface area contributed by atoms with E-state index in [1.54, 1.807) is 7.11 Å². The second-order valence-electron chi connectivity index (χ2n) is 4.13. The molecule has 1 aromatic rings. The van der Waals surface area contributed by atoms with Crippen molar-refractivity contribution < 1.29 is 4.74 Å². The van der Waals surface area contributed by atoms with Crippen LogP contribution in [-0.2, 0) is 11.2 Å². The number of hydrogen-bond acceptors (Lipinski definition) is 2. The van der Waals surface area contributed by atoms with Gasteiger partial charge in [0.05, 0.1) is 6.61 Å². The molecule has 0 amide bonds. The van der Waals surface area contributed by atoms with E-state index in [4.69, 9.17) is 17.0 Å². The van der Waals surface area contributed by atoms with Crippen molar-refractivity contribution in [2.24, 2.45) is 0 Å². The Hall–Kier alpha value is -1.13. The lowest BCUT2D eigenvalue weighted by molar-refractivity contribution is 0.202. The summed E-state index contributed by atoms with van der Waals surface area (Å²) < 4.78 is 5.11. The minimum atomic E-state index is 0.688. The summed E-state index contributed by atoms with van der Waals surface area (Å²) in [6.45, 7) is 3.80. The molecule has 0 heterocycles. The quantitative estimate of drug-likeness (QED) is 0.587. The smallest absolute Gasteiger partial charge is 0.170 e. The molecule has 100 valence electrons. The number of thiocarbonyl (C=S) groups is 1. The van der Waals surface area contributed by atoms with E-state index < -0.39 is 0 Å². The standard InChI is InChI=1S/C14H22N2OS/c1-3-4-10-15-14(18)16-13-8-6-5-7-12(13)9-11-17-2/h5-8H,3-4,9-11H2,1-2H3,(H2,15,16,18). The fourth-order valence-corrected chi connectivity index (χ4v) is 1.83. The average molecular weight is 266 g/mol. The molecule has 0 saturated heterocycles. The number of ether oxygens (including phenoxy) is 1. The number of hydrogen-bond donors (Lipinski definition) is 2. The normalized spacial score (nSPS) is 10.1. The molecule has 3 nitrogen and oxygen atoms in total. The van der Waals surface area contributed by atoms with Crippen LogP contribution in [0.25, 0.3) is 0 Å². The van der Waals surface area contributed by atoms with Crippen molar-refractivity contribution in [1.29, 1.82) is 0 Å². The lowest BCUT2D eigenvalue weighted by Gasteiger charge is -2.13. The first-order chi connectivity index (χ1) is 8.77. The number of rotatable bonds is 7. The van der Waals surface area contributed by atoms with Crippen LogP contribution >= 0.6 is 12.2 Å². The monoisotopic (exact) mass is 266 g/mol. The summed E-state index contributed by atoms with van der Waals surface area (Å²) in [6.07, 6.45) is 3.18. The fourth-order valence-electron chi connectivity index (χ4n) is 1.62. The second-order valence-corrected chi connectivity index (χ2v) is 4.54. The van der Waals surface area contributed by atoms with Crippen molar-refractivity contribution in [2.45, 2.75) is 26.2 Å². The summed E-state index contributed by atoms with van der Waals surface area (Å²) in [5.41, 5.74) is 2.28. The molecule has 0 aliphatic heterocycles. The van der Waals surface area contributed by atoms with Crippen LogP contribution < -0.4 is 10.6 Å². The predicted molar refractivity (Wildman–Crippen MR) is 81.2 cm³/mol. The molecule has 0 aromatic heterocycles. The summed E-state index contributed by atoms with van der Waals surface area (Å²) in [4.78, 5) is 0. The largest absolute Gasteiger partial charge is 0.384 e. The van der Waals surface area contributed by atoms with Crippen LogP contribution in [-0.4, -0.2) is 25.4 Å². The third-order valence-corrected chi connectivity index (χ3v) is 2.90. The molecule has 0 atom stereocenters. The molecule has 0 aliphatic carbocycles. The summed E-state index contributed by atoms with van der Waals surface area (Å²) in [5, 5.41) is 7.14. The van der Waals surface area contributed by atoms with Crippen molar-refractivity contribution in [3.05, 3.63) is 29.8 Å². The van der Waals surface area contributed by atoms with E-state index in [0.29, 0.717) is 11.7 Å². The molecule has 0 aliphatic rings. The Morgan fingerprint density at radius 2 is 2.11 bits per heavy atom. The molecule has 4 heteroatoms. The summed E-state index contributed by atoms with van der Waals surface area (Å²) in [5.74, 6) is 0. The Labute approximate surface area is 115 Å². The first kappa shape index (κ1) is 14.9. The van der Waals surface area contributed by atoms with Crippen molar-refractivity contribution in [3.8, 4) is 0 Å². The highest BCUT2D eigenvalue weighted by Crippen LogP contribution is 2.15. The van der Waals surface area contributed by atoms with Gasteiger partial charge >= 0.3 is 0 Å². The third-order valence-electron chi connectivity index (χ3n) is 2.66. The van der Waals surface area contributed by atoms with E-state index >= 15 is 0 Å². The first-order valence-electron chi connectivity index (χ1n) is 6.39. The van der Waals surface area contributed by atoms with Gasteiger partial charge in [0.15, 0.2) is 5.11 Å². The lowest BCUT2D eigenvalue weighted by Crippen LogP contribution is -2.29. The van der Waals surface area contributed by atoms with E-state index in [1.807, 2.05) is 18.2 Å². The summed E-state index contributed by atoms with van der Waals surface area (Å²) in [7, 11) is 1.72. The van der Waals surface area contributed by atoms with Gasteiger partial charge in [-0.25, -0.2) is 0 Å². The predicted octanol–water partition coefficient (Wildman–Crippen LogP) is 2.96. The Balaban J connectivity index is 2.51. The molecule has 0 spiro atoms. The van der Waals surface area contributed by atoms with Gasteiger partial charge in [-0.2, -0.15) is 0 Å². The molecule has 2 N–H and O–H groups in total. The number of nitrogens with one attached hydrogen (secondary N) is 2. The van der Waals surface area contributed by atoms with Crippen molar-refractivity contribution in [2.75, 3.05) is 25.6 Å². The summed E-state index contributed by atoms with van der Waals surface area (Å²) in [6, 6.07) is 8.17. The average Bonchev–Trinajstić information content (AvgIpc) is 2.38. The van der Waals surface area contributed by atoms with Gasteiger partial charge in [-0.05, 0) is 36.7 Å². The van der Waals surface area contributed by atoms with Gasteiger partial charge in [0.1, 0.15) is 0 Å². The Bertz CT molecular complexity index is 369. The second kappa shape index (κ2) is 8.89. The molecule has 0 saturated carbocycles. The molecular weight excluding hydrogens is 244 g/mol. The molecule has 0 bridgehead atoms. The van der Waals surface area contributed by atoms with Crippen molar-refractivity contribution in [1.82, 2.24) is 5.32 Å². The fraction of sp³-hybridized carbons (Fsp3) is 0.500. The van der Waals surface area contributed by atoms with Crippen molar-refractivity contribution >= 4 is 23.0 Å². The SMILES string of the molecule is CCCCNC(=S)Nc1ccccc1CCOC. The van der Waals surface area contributed by atoms with Crippen LogP contribution in [0.2, 0.25) is 0 Å². The number of anilines is 1. The Morgan fingerprint density at radius 1 is 1.33 bits per heavy atom. The van der Waals surface area contributed by atoms with Crippen LogP contribution in [0.15, 0.2) is 24.3 Å².